The fraction of sp³-hybridized carbons (Fsp3) is 0.318. The first-order valence-corrected chi connectivity index (χ1v) is 8.84. The summed E-state index contributed by atoms with van der Waals surface area (Å²) < 4.78 is 7.45. The van der Waals surface area contributed by atoms with Crippen molar-refractivity contribution in [3.63, 3.8) is 0 Å². The Hall–Kier alpha value is -3.13. The van der Waals surface area contributed by atoms with E-state index >= 15 is 0 Å². The van der Waals surface area contributed by atoms with Gasteiger partial charge in [0.25, 0.3) is 0 Å². The minimum atomic E-state index is -0.721. The Morgan fingerprint density at radius 3 is 2.37 bits per heavy atom. The fourth-order valence-corrected chi connectivity index (χ4v) is 2.83. The molecule has 0 bridgehead atoms. The van der Waals surface area contributed by atoms with Crippen molar-refractivity contribution in [3.8, 4) is 11.8 Å². The number of carbonyl (C=O) groups excluding carboxylic acids is 2. The maximum Gasteiger partial charge on any atom is 0.354 e. The molecule has 27 heavy (non-hydrogen) atoms. The van der Waals surface area contributed by atoms with E-state index in [4.69, 9.17) is 4.74 Å². The SMILES string of the molecule is CC(=O)c1ccc(OC(=O)/C(C#N)=C/c2cc(C)n(CC(C)C)c2C)cc1. The molecule has 0 saturated carbocycles. The predicted octanol–water partition coefficient (Wildman–Crippen LogP) is 4.48. The van der Waals surface area contributed by atoms with Gasteiger partial charge in [-0.15, -0.1) is 0 Å². The molecule has 0 fully saturated rings. The molecule has 0 amide bonds. The van der Waals surface area contributed by atoms with Crippen LogP contribution < -0.4 is 4.74 Å². The van der Waals surface area contributed by atoms with Crippen molar-refractivity contribution in [1.29, 1.82) is 5.26 Å². The zero-order valence-corrected chi connectivity index (χ0v) is 16.4. The van der Waals surface area contributed by atoms with Crippen molar-refractivity contribution in [1.82, 2.24) is 4.57 Å². The normalized spacial score (nSPS) is 11.4. The molecule has 2 rings (SSSR count). The molecule has 0 N–H and O–H groups in total. The third-order valence-corrected chi connectivity index (χ3v) is 4.27. The Bertz CT molecular complexity index is 926. The lowest BCUT2D eigenvalue weighted by atomic mass is 10.1. The quantitative estimate of drug-likeness (QED) is 0.249. The van der Waals surface area contributed by atoms with E-state index in [0.717, 1.165) is 23.5 Å². The number of nitrogens with zero attached hydrogens (tertiary/aromatic N) is 2. The van der Waals surface area contributed by atoms with E-state index in [0.29, 0.717) is 11.5 Å². The minimum absolute atomic E-state index is 0.0674. The van der Waals surface area contributed by atoms with Gasteiger partial charge in [-0.25, -0.2) is 4.79 Å². The second kappa shape index (κ2) is 8.50. The van der Waals surface area contributed by atoms with E-state index in [1.165, 1.54) is 19.1 Å². The fourth-order valence-electron chi connectivity index (χ4n) is 2.83. The first kappa shape index (κ1) is 20.2. The van der Waals surface area contributed by atoms with Crippen LogP contribution in [0.15, 0.2) is 35.9 Å². The molecule has 0 aliphatic carbocycles. The van der Waals surface area contributed by atoms with Gasteiger partial charge in [-0.1, -0.05) is 13.8 Å². The van der Waals surface area contributed by atoms with Crippen LogP contribution in [0.25, 0.3) is 6.08 Å². The van der Waals surface area contributed by atoms with Crippen LogP contribution in [0.2, 0.25) is 0 Å². The highest BCUT2D eigenvalue weighted by Gasteiger charge is 2.15. The number of carbonyl (C=O) groups is 2. The first-order valence-electron chi connectivity index (χ1n) is 8.84. The van der Waals surface area contributed by atoms with Crippen LogP contribution in [0.1, 0.15) is 48.1 Å². The molecule has 0 saturated heterocycles. The number of aromatic nitrogens is 1. The zero-order chi connectivity index (χ0) is 20.1. The third-order valence-electron chi connectivity index (χ3n) is 4.27. The topological polar surface area (TPSA) is 72.1 Å². The Labute approximate surface area is 159 Å². The van der Waals surface area contributed by atoms with Gasteiger partial charge in [0.15, 0.2) is 5.78 Å². The molecule has 5 heteroatoms. The molecular formula is C22H24N2O3. The Morgan fingerprint density at radius 1 is 1.22 bits per heavy atom. The van der Waals surface area contributed by atoms with Crippen LogP contribution >= 0.6 is 0 Å². The Kier molecular flexibility index (Phi) is 6.36. The van der Waals surface area contributed by atoms with Crippen molar-refractivity contribution in [2.75, 3.05) is 0 Å². The highest BCUT2D eigenvalue weighted by Crippen LogP contribution is 2.21. The third kappa shape index (κ3) is 4.95. The van der Waals surface area contributed by atoms with E-state index in [-0.39, 0.29) is 17.1 Å². The number of esters is 1. The summed E-state index contributed by atoms with van der Waals surface area (Å²) in [6.45, 7) is 10.6. The van der Waals surface area contributed by atoms with Crippen molar-refractivity contribution in [3.05, 3.63) is 58.4 Å². The molecule has 1 aromatic carbocycles. The van der Waals surface area contributed by atoms with E-state index < -0.39 is 5.97 Å². The number of hydrogen-bond acceptors (Lipinski definition) is 4. The molecule has 140 valence electrons. The molecule has 0 spiro atoms. The molecule has 0 aliphatic rings. The summed E-state index contributed by atoms with van der Waals surface area (Å²) in [6, 6.07) is 10.1. The average molecular weight is 364 g/mol. The maximum absolute atomic E-state index is 12.4. The summed E-state index contributed by atoms with van der Waals surface area (Å²) in [7, 11) is 0. The van der Waals surface area contributed by atoms with Crippen molar-refractivity contribution in [2.24, 2.45) is 5.92 Å². The summed E-state index contributed by atoms with van der Waals surface area (Å²) in [5, 5.41) is 9.39. The Morgan fingerprint density at radius 2 is 1.85 bits per heavy atom. The number of benzene rings is 1. The van der Waals surface area contributed by atoms with Gasteiger partial charge in [-0.3, -0.25) is 4.79 Å². The highest BCUT2D eigenvalue weighted by atomic mass is 16.5. The second-order valence-corrected chi connectivity index (χ2v) is 6.97. The molecule has 1 aromatic heterocycles. The smallest absolute Gasteiger partial charge is 0.354 e. The molecule has 1 heterocycles. The molecule has 0 unspecified atom stereocenters. The van der Waals surface area contributed by atoms with Crippen molar-refractivity contribution >= 4 is 17.8 Å². The van der Waals surface area contributed by atoms with Crippen molar-refractivity contribution < 1.29 is 14.3 Å². The summed E-state index contributed by atoms with van der Waals surface area (Å²) >= 11 is 0. The summed E-state index contributed by atoms with van der Waals surface area (Å²) in [5.74, 6) is -0.00887. The predicted molar refractivity (Wildman–Crippen MR) is 104 cm³/mol. The molecular weight excluding hydrogens is 340 g/mol. The maximum atomic E-state index is 12.4. The second-order valence-electron chi connectivity index (χ2n) is 6.97. The van der Waals surface area contributed by atoms with Crippen LogP contribution in [0.4, 0.5) is 0 Å². The van der Waals surface area contributed by atoms with E-state index in [9.17, 15) is 14.9 Å². The zero-order valence-electron chi connectivity index (χ0n) is 16.4. The lowest BCUT2D eigenvalue weighted by molar-refractivity contribution is -0.129. The van der Waals surface area contributed by atoms with Gasteiger partial charge in [0.2, 0.25) is 0 Å². The lowest BCUT2D eigenvalue weighted by Gasteiger charge is -2.12. The standard InChI is InChI=1S/C22H24N2O3/c1-14(2)13-24-15(3)10-19(16(24)4)11-20(12-23)22(26)27-21-8-6-18(7-9-21)17(5)25/h6-11,14H,13H2,1-5H3/b20-11+. The van der Waals surface area contributed by atoms with Crippen LogP contribution in [-0.4, -0.2) is 16.3 Å². The van der Waals surface area contributed by atoms with Crippen LogP contribution in [0, 0.1) is 31.1 Å². The molecule has 0 atom stereocenters. The summed E-state index contributed by atoms with van der Waals surface area (Å²) in [4.78, 5) is 23.7. The van der Waals surface area contributed by atoms with Gasteiger partial charge < -0.3 is 9.30 Å². The minimum Gasteiger partial charge on any atom is -0.422 e. The van der Waals surface area contributed by atoms with Crippen molar-refractivity contribution in [2.45, 2.75) is 41.2 Å². The largest absolute Gasteiger partial charge is 0.422 e. The van der Waals surface area contributed by atoms with Gasteiger partial charge in [0, 0.05) is 23.5 Å². The van der Waals surface area contributed by atoms with Gasteiger partial charge in [0.05, 0.1) is 0 Å². The summed E-state index contributed by atoms with van der Waals surface area (Å²) in [6.07, 6.45) is 1.56. The number of ether oxygens (including phenoxy) is 1. The molecule has 5 nitrogen and oxygen atoms in total. The highest BCUT2D eigenvalue weighted by molar-refractivity contribution is 5.99. The van der Waals surface area contributed by atoms with E-state index in [1.807, 2.05) is 26.0 Å². The van der Waals surface area contributed by atoms with Gasteiger partial charge >= 0.3 is 5.97 Å². The first-order chi connectivity index (χ1) is 12.7. The average Bonchev–Trinajstić information content (AvgIpc) is 2.87. The summed E-state index contributed by atoms with van der Waals surface area (Å²) in [5.41, 5.74) is 3.37. The number of rotatable bonds is 6. The Balaban J connectivity index is 2.24. The van der Waals surface area contributed by atoms with Crippen LogP contribution in [0.3, 0.4) is 0 Å². The monoisotopic (exact) mass is 364 g/mol. The van der Waals surface area contributed by atoms with Gasteiger partial charge in [-0.2, -0.15) is 5.26 Å². The van der Waals surface area contributed by atoms with Gasteiger partial charge in [0.1, 0.15) is 17.4 Å². The molecule has 0 radical (unpaired) electrons. The lowest BCUT2D eigenvalue weighted by Crippen LogP contribution is -2.10. The van der Waals surface area contributed by atoms with Crippen LogP contribution in [-0.2, 0) is 11.3 Å². The molecule has 2 aromatic rings. The van der Waals surface area contributed by atoms with Gasteiger partial charge in [-0.05, 0) is 68.7 Å². The molecule has 0 aliphatic heterocycles. The number of aryl methyl sites for hydroxylation is 1. The number of Topliss-reactive ketones (excluding diaryl/α,β-unsaturated/α-hetero) is 1. The van der Waals surface area contributed by atoms with Crippen LogP contribution in [0.5, 0.6) is 5.75 Å². The van der Waals surface area contributed by atoms with E-state index in [2.05, 4.69) is 18.4 Å². The number of hydrogen-bond donors (Lipinski definition) is 0. The van der Waals surface area contributed by atoms with E-state index in [1.54, 1.807) is 18.2 Å². The number of ketones is 1. The number of nitriles is 1.